The molecule has 0 bridgehead atoms. The number of aryl methyl sites for hydroxylation is 1. The first-order valence-corrected chi connectivity index (χ1v) is 4.57. The van der Waals surface area contributed by atoms with Gasteiger partial charge >= 0.3 is 0 Å². The largest absolute Gasteiger partial charge is 0.192 e. The molecule has 0 saturated heterocycles. The second kappa shape index (κ2) is 2.62. The molecule has 0 radical (unpaired) electrons. The van der Waals surface area contributed by atoms with E-state index in [9.17, 15) is 0 Å². The van der Waals surface area contributed by atoms with Crippen LogP contribution in [-0.2, 0) is 0 Å². The summed E-state index contributed by atoms with van der Waals surface area (Å²) in [6.45, 7) is 2.01. The summed E-state index contributed by atoms with van der Waals surface area (Å²) in [4.78, 5) is 0. The minimum atomic E-state index is 0.792. The van der Waals surface area contributed by atoms with Gasteiger partial charge in [-0.25, -0.2) is 0 Å². The smallest absolute Gasteiger partial charge is 0.101 e. The van der Waals surface area contributed by atoms with Crippen molar-refractivity contribution in [1.82, 2.24) is 0 Å². The van der Waals surface area contributed by atoms with Gasteiger partial charge in [0, 0.05) is 0 Å². The second-order valence-corrected chi connectivity index (χ2v) is 3.68. The van der Waals surface area contributed by atoms with Gasteiger partial charge in [-0.15, -0.1) is 11.3 Å². The van der Waals surface area contributed by atoms with Crippen LogP contribution in [0.1, 0.15) is 11.1 Å². The predicted molar refractivity (Wildman–Crippen MR) is 51.3 cm³/mol. The Labute approximate surface area is 74.9 Å². The van der Waals surface area contributed by atoms with Gasteiger partial charge in [-0.05, 0) is 35.4 Å². The lowest BCUT2D eigenvalue weighted by Gasteiger charge is -1.95. The van der Waals surface area contributed by atoms with Crippen LogP contribution in [0.2, 0.25) is 0 Å². The van der Waals surface area contributed by atoms with Gasteiger partial charge in [-0.3, -0.25) is 0 Å². The average Bonchev–Trinajstić information content (AvgIpc) is 2.50. The molecule has 1 aromatic heterocycles. The van der Waals surface area contributed by atoms with Crippen molar-refractivity contribution in [2.75, 3.05) is 0 Å². The molecule has 12 heavy (non-hydrogen) atoms. The van der Waals surface area contributed by atoms with Gasteiger partial charge < -0.3 is 0 Å². The van der Waals surface area contributed by atoms with Crippen molar-refractivity contribution in [3.63, 3.8) is 0 Å². The minimum absolute atomic E-state index is 0.792. The molecule has 0 N–H and O–H groups in total. The highest BCUT2D eigenvalue weighted by Crippen LogP contribution is 2.25. The first-order valence-electron chi connectivity index (χ1n) is 3.69. The fourth-order valence-corrected chi connectivity index (χ4v) is 2.16. The molecule has 2 aromatic rings. The monoisotopic (exact) mass is 173 g/mol. The number of hydrogen-bond acceptors (Lipinski definition) is 2. The highest BCUT2D eigenvalue weighted by atomic mass is 32.1. The van der Waals surface area contributed by atoms with Crippen molar-refractivity contribution in [3.05, 3.63) is 34.7 Å². The maximum atomic E-state index is 8.84. The number of benzene rings is 1. The van der Waals surface area contributed by atoms with Gasteiger partial charge in [0.15, 0.2) is 0 Å². The maximum Gasteiger partial charge on any atom is 0.101 e. The molecule has 0 atom stereocenters. The Morgan fingerprint density at radius 2 is 2.25 bits per heavy atom. The minimum Gasteiger partial charge on any atom is -0.192 e. The summed E-state index contributed by atoms with van der Waals surface area (Å²) in [6.07, 6.45) is 0. The second-order valence-electron chi connectivity index (χ2n) is 2.76. The lowest BCUT2D eigenvalue weighted by Crippen LogP contribution is -1.77. The molecule has 0 aliphatic rings. The third kappa shape index (κ3) is 0.992. The van der Waals surface area contributed by atoms with Crippen LogP contribution < -0.4 is 0 Å². The van der Waals surface area contributed by atoms with E-state index in [2.05, 4.69) is 12.1 Å². The summed E-state index contributed by atoms with van der Waals surface area (Å²) in [5, 5.41) is 12.0. The molecule has 0 aliphatic carbocycles. The van der Waals surface area contributed by atoms with Crippen LogP contribution >= 0.6 is 11.3 Å². The average molecular weight is 173 g/mol. The lowest BCUT2D eigenvalue weighted by atomic mass is 10.1. The highest BCUT2D eigenvalue weighted by molar-refractivity contribution is 7.17. The van der Waals surface area contributed by atoms with Gasteiger partial charge in [-0.2, -0.15) is 5.26 Å². The van der Waals surface area contributed by atoms with Crippen molar-refractivity contribution in [2.24, 2.45) is 0 Å². The van der Waals surface area contributed by atoms with Crippen molar-refractivity contribution in [2.45, 2.75) is 6.92 Å². The van der Waals surface area contributed by atoms with Crippen molar-refractivity contribution in [1.29, 1.82) is 5.26 Å². The molecule has 1 aromatic carbocycles. The van der Waals surface area contributed by atoms with Crippen LogP contribution in [0.5, 0.6) is 0 Å². The topological polar surface area (TPSA) is 23.8 Å². The Balaban J connectivity index is 2.91. The molecule has 0 unspecified atom stereocenters. The zero-order valence-electron chi connectivity index (χ0n) is 6.66. The number of nitriles is 1. The summed E-state index contributed by atoms with van der Waals surface area (Å²) >= 11 is 1.62. The van der Waals surface area contributed by atoms with Crippen LogP contribution in [0.3, 0.4) is 0 Å². The predicted octanol–water partition coefficient (Wildman–Crippen LogP) is 3.08. The van der Waals surface area contributed by atoms with Crippen molar-refractivity contribution in [3.8, 4) is 6.07 Å². The Morgan fingerprint density at radius 1 is 1.42 bits per heavy atom. The number of fused-ring (bicyclic) bond motifs is 1. The summed E-state index contributed by atoms with van der Waals surface area (Å²) in [5.41, 5.74) is 1.94. The molecular formula is C10H7NS. The van der Waals surface area contributed by atoms with Crippen LogP contribution in [0, 0.1) is 18.3 Å². The number of rotatable bonds is 0. The molecule has 1 heterocycles. The Kier molecular flexibility index (Phi) is 1.60. The lowest BCUT2D eigenvalue weighted by molar-refractivity contribution is 1.46. The normalized spacial score (nSPS) is 10.0. The molecule has 0 aliphatic heterocycles. The molecule has 0 spiro atoms. The van der Waals surface area contributed by atoms with Gasteiger partial charge in [0.2, 0.25) is 0 Å². The molecule has 0 amide bonds. The summed E-state index contributed by atoms with van der Waals surface area (Å²) in [7, 11) is 0. The zero-order valence-corrected chi connectivity index (χ0v) is 7.48. The van der Waals surface area contributed by atoms with Crippen LogP contribution in [0.25, 0.3) is 10.1 Å². The van der Waals surface area contributed by atoms with E-state index in [4.69, 9.17) is 5.26 Å². The molecular weight excluding hydrogens is 166 g/mol. The van der Waals surface area contributed by atoms with E-state index in [0.717, 1.165) is 15.8 Å². The van der Waals surface area contributed by atoms with Crippen LogP contribution in [-0.4, -0.2) is 0 Å². The van der Waals surface area contributed by atoms with Gasteiger partial charge in [0.25, 0.3) is 0 Å². The van der Waals surface area contributed by atoms with Crippen molar-refractivity contribution >= 4 is 21.4 Å². The van der Waals surface area contributed by atoms with Crippen LogP contribution in [0.15, 0.2) is 23.6 Å². The third-order valence-corrected chi connectivity index (χ3v) is 2.78. The maximum absolute atomic E-state index is 8.84. The van der Waals surface area contributed by atoms with Crippen LogP contribution in [0.4, 0.5) is 0 Å². The SMILES string of the molecule is Cc1cc(C#N)c2sccc2c1. The highest BCUT2D eigenvalue weighted by Gasteiger charge is 2.01. The summed E-state index contributed by atoms with van der Waals surface area (Å²) in [6, 6.07) is 8.29. The Bertz CT molecular complexity index is 462. The Morgan fingerprint density at radius 3 is 3.00 bits per heavy atom. The quantitative estimate of drug-likeness (QED) is 0.600. The molecule has 58 valence electrons. The molecule has 0 fully saturated rings. The van der Waals surface area contributed by atoms with E-state index in [1.807, 2.05) is 24.4 Å². The molecule has 1 nitrogen and oxygen atoms in total. The van der Waals surface area contributed by atoms with Crippen molar-refractivity contribution < 1.29 is 0 Å². The van der Waals surface area contributed by atoms with E-state index < -0.39 is 0 Å². The summed E-state index contributed by atoms with van der Waals surface area (Å²) in [5.74, 6) is 0. The fraction of sp³-hybridized carbons (Fsp3) is 0.100. The molecule has 2 heteroatoms. The first-order chi connectivity index (χ1) is 5.81. The van der Waals surface area contributed by atoms with Gasteiger partial charge in [0.05, 0.1) is 10.3 Å². The third-order valence-electron chi connectivity index (χ3n) is 1.82. The fourth-order valence-electron chi connectivity index (χ4n) is 1.31. The van der Waals surface area contributed by atoms with E-state index in [-0.39, 0.29) is 0 Å². The van der Waals surface area contributed by atoms with Gasteiger partial charge in [-0.1, -0.05) is 6.07 Å². The number of thiophene rings is 1. The zero-order chi connectivity index (χ0) is 8.55. The van der Waals surface area contributed by atoms with E-state index in [1.54, 1.807) is 11.3 Å². The van der Waals surface area contributed by atoms with Gasteiger partial charge in [0.1, 0.15) is 6.07 Å². The standard InChI is InChI=1S/C10H7NS/c1-7-4-8-2-3-12-10(8)9(5-7)6-11/h2-5H,1H3. The number of hydrogen-bond donors (Lipinski definition) is 0. The molecule has 2 rings (SSSR count). The first kappa shape index (κ1) is 7.33. The summed E-state index contributed by atoms with van der Waals surface area (Å²) < 4.78 is 1.10. The van der Waals surface area contributed by atoms with E-state index in [1.165, 1.54) is 5.39 Å². The Hall–Kier alpha value is -1.33. The van der Waals surface area contributed by atoms with E-state index >= 15 is 0 Å². The molecule has 0 saturated carbocycles. The number of nitrogens with zero attached hydrogens (tertiary/aromatic N) is 1. The van der Waals surface area contributed by atoms with E-state index in [0.29, 0.717) is 0 Å².